The fourth-order valence-corrected chi connectivity index (χ4v) is 1.31. The molecule has 0 aromatic heterocycles. The lowest BCUT2D eigenvalue weighted by Gasteiger charge is -2.17. The van der Waals surface area contributed by atoms with E-state index in [1.165, 1.54) is 6.21 Å². The molecule has 0 radical (unpaired) electrons. The minimum Gasteiger partial charge on any atom is -0.476 e. The molecule has 1 saturated heterocycles. The monoisotopic (exact) mass is 214 g/mol. The zero-order valence-corrected chi connectivity index (χ0v) is 9.37. The van der Waals surface area contributed by atoms with Crippen LogP contribution in [0.2, 0.25) is 0 Å². The third-order valence-electron chi connectivity index (χ3n) is 1.97. The van der Waals surface area contributed by atoms with Crippen LogP contribution in [0.3, 0.4) is 0 Å². The Balaban J connectivity index is 2.32. The molecular formula is C10H18N2O3. The highest BCUT2D eigenvalue weighted by atomic mass is 16.7. The Morgan fingerprint density at radius 2 is 2.40 bits per heavy atom. The molecule has 1 aliphatic rings. The molecule has 5 nitrogen and oxygen atoms in total. The Kier molecular flexibility index (Phi) is 4.11. The van der Waals surface area contributed by atoms with E-state index < -0.39 is 5.79 Å². The van der Waals surface area contributed by atoms with Crippen molar-refractivity contribution in [2.45, 2.75) is 25.7 Å². The molecule has 15 heavy (non-hydrogen) atoms. The van der Waals surface area contributed by atoms with Crippen molar-refractivity contribution in [2.24, 2.45) is 0 Å². The summed E-state index contributed by atoms with van der Waals surface area (Å²) in [7, 11) is 1.74. The second-order valence-corrected chi connectivity index (χ2v) is 3.71. The Hall–Kier alpha value is -1.07. The molecule has 1 atom stereocenters. The number of rotatable bonds is 5. The fraction of sp³-hybridized carbons (Fsp3) is 0.700. The zero-order chi connectivity index (χ0) is 11.3. The number of ether oxygens (including phenoxy) is 3. The van der Waals surface area contributed by atoms with Gasteiger partial charge in [0, 0.05) is 19.3 Å². The van der Waals surface area contributed by atoms with Gasteiger partial charge in [-0.2, -0.15) is 0 Å². The van der Waals surface area contributed by atoms with Crippen molar-refractivity contribution in [3.05, 3.63) is 12.0 Å². The van der Waals surface area contributed by atoms with Crippen LogP contribution in [-0.4, -0.2) is 38.4 Å². The van der Waals surface area contributed by atoms with Crippen molar-refractivity contribution < 1.29 is 14.2 Å². The van der Waals surface area contributed by atoms with Crippen molar-refractivity contribution in [1.29, 1.82) is 5.41 Å². The Labute approximate surface area is 89.9 Å². The van der Waals surface area contributed by atoms with Crippen LogP contribution >= 0.6 is 0 Å². The molecule has 0 aromatic carbocycles. The maximum absolute atomic E-state index is 6.91. The lowest BCUT2D eigenvalue weighted by molar-refractivity contribution is -0.143. The van der Waals surface area contributed by atoms with Gasteiger partial charge in [0.2, 0.25) is 0 Å². The summed E-state index contributed by atoms with van der Waals surface area (Å²) in [5, 5.41) is 9.75. The first-order valence-electron chi connectivity index (χ1n) is 4.90. The molecule has 0 bridgehead atoms. The first-order chi connectivity index (χ1) is 7.07. The number of nitrogens with one attached hydrogen (secondary N) is 2. The predicted octanol–water partition coefficient (Wildman–Crippen LogP) is 0.865. The maximum atomic E-state index is 6.91. The van der Waals surface area contributed by atoms with E-state index in [0.29, 0.717) is 19.1 Å². The van der Waals surface area contributed by atoms with Gasteiger partial charge in [-0.15, -0.1) is 0 Å². The van der Waals surface area contributed by atoms with Gasteiger partial charge in [-0.3, -0.25) is 0 Å². The van der Waals surface area contributed by atoms with Crippen molar-refractivity contribution >= 4 is 6.21 Å². The summed E-state index contributed by atoms with van der Waals surface area (Å²) in [5.41, 5.74) is 0. The molecule has 1 aliphatic heterocycles. The van der Waals surface area contributed by atoms with Crippen LogP contribution in [0.1, 0.15) is 13.8 Å². The van der Waals surface area contributed by atoms with Gasteiger partial charge >= 0.3 is 0 Å². The highest BCUT2D eigenvalue weighted by molar-refractivity contribution is 5.68. The number of hydrogen-bond donors (Lipinski definition) is 2. The van der Waals surface area contributed by atoms with Crippen molar-refractivity contribution in [1.82, 2.24) is 5.32 Å². The molecule has 5 heteroatoms. The van der Waals surface area contributed by atoms with Crippen LogP contribution < -0.4 is 5.32 Å². The molecule has 1 fully saturated rings. The highest BCUT2D eigenvalue weighted by Crippen LogP contribution is 2.22. The molecule has 0 amide bonds. The van der Waals surface area contributed by atoms with Crippen LogP contribution in [0.25, 0.3) is 0 Å². The van der Waals surface area contributed by atoms with E-state index >= 15 is 0 Å². The Bertz CT molecular complexity index is 251. The van der Waals surface area contributed by atoms with Gasteiger partial charge in [0.15, 0.2) is 11.7 Å². The third kappa shape index (κ3) is 3.89. The molecule has 0 aromatic rings. The summed E-state index contributed by atoms with van der Waals surface area (Å²) >= 11 is 0. The molecule has 86 valence electrons. The van der Waals surface area contributed by atoms with E-state index in [9.17, 15) is 0 Å². The third-order valence-corrected chi connectivity index (χ3v) is 1.97. The lowest BCUT2D eigenvalue weighted by Crippen LogP contribution is -2.25. The van der Waals surface area contributed by atoms with Crippen LogP contribution in [-0.2, 0) is 14.2 Å². The van der Waals surface area contributed by atoms with Crippen molar-refractivity contribution in [3.63, 3.8) is 0 Å². The minimum absolute atomic E-state index is 0.0533. The van der Waals surface area contributed by atoms with Crippen LogP contribution in [0.5, 0.6) is 0 Å². The van der Waals surface area contributed by atoms with E-state index in [0.717, 1.165) is 0 Å². The normalized spacial score (nSPS) is 25.0. The molecule has 0 spiro atoms. The van der Waals surface area contributed by atoms with Gasteiger partial charge in [0.25, 0.3) is 0 Å². The summed E-state index contributed by atoms with van der Waals surface area (Å²) in [6, 6.07) is 0. The molecule has 1 heterocycles. The quantitative estimate of drug-likeness (QED) is 0.526. The van der Waals surface area contributed by atoms with Crippen LogP contribution in [0, 0.1) is 5.41 Å². The van der Waals surface area contributed by atoms with Crippen molar-refractivity contribution in [2.75, 3.05) is 20.3 Å². The Morgan fingerprint density at radius 1 is 1.67 bits per heavy atom. The summed E-state index contributed by atoms with van der Waals surface area (Å²) in [6.45, 7) is 4.71. The van der Waals surface area contributed by atoms with Gasteiger partial charge in [-0.25, -0.2) is 0 Å². The molecule has 2 N–H and O–H groups in total. The number of hydrogen-bond acceptors (Lipinski definition) is 5. The highest BCUT2D eigenvalue weighted by Gasteiger charge is 2.32. The van der Waals surface area contributed by atoms with E-state index in [2.05, 4.69) is 5.32 Å². The summed E-state index contributed by atoms with van der Waals surface area (Å²) < 4.78 is 16.4. The average Bonchev–Trinajstić information content (AvgIpc) is 2.53. The second-order valence-electron chi connectivity index (χ2n) is 3.71. The SMILES string of the molecule is CN/C(=C\C=N)OCC1COC(C)(C)O1. The van der Waals surface area contributed by atoms with Crippen LogP contribution in [0.4, 0.5) is 0 Å². The molecule has 1 rings (SSSR count). The van der Waals surface area contributed by atoms with E-state index in [-0.39, 0.29) is 6.10 Å². The largest absolute Gasteiger partial charge is 0.476 e. The zero-order valence-electron chi connectivity index (χ0n) is 9.37. The van der Waals surface area contributed by atoms with Gasteiger partial charge in [-0.05, 0) is 13.8 Å². The minimum atomic E-state index is -0.515. The summed E-state index contributed by atoms with van der Waals surface area (Å²) in [5.74, 6) is 0.0392. The Morgan fingerprint density at radius 3 is 2.87 bits per heavy atom. The fourth-order valence-electron chi connectivity index (χ4n) is 1.31. The first kappa shape index (κ1) is 12.0. The number of allylic oxidation sites excluding steroid dienone is 1. The molecule has 1 unspecified atom stereocenters. The van der Waals surface area contributed by atoms with E-state index in [1.54, 1.807) is 13.1 Å². The summed E-state index contributed by atoms with van der Waals surface area (Å²) in [6.07, 6.45) is 2.66. The summed E-state index contributed by atoms with van der Waals surface area (Å²) in [4.78, 5) is 0. The van der Waals surface area contributed by atoms with E-state index in [1.807, 2.05) is 13.8 Å². The van der Waals surface area contributed by atoms with Crippen molar-refractivity contribution in [3.8, 4) is 0 Å². The smallest absolute Gasteiger partial charge is 0.187 e. The maximum Gasteiger partial charge on any atom is 0.187 e. The van der Waals surface area contributed by atoms with Gasteiger partial charge < -0.3 is 24.9 Å². The lowest BCUT2D eigenvalue weighted by atomic mass is 10.4. The van der Waals surface area contributed by atoms with E-state index in [4.69, 9.17) is 19.6 Å². The van der Waals surface area contributed by atoms with Gasteiger partial charge in [0.05, 0.1) is 6.61 Å². The topological polar surface area (TPSA) is 63.6 Å². The standard InChI is InChI=1S/C10H18N2O3/c1-10(2)14-7-8(15-10)6-13-9(12-3)4-5-11/h4-5,8,11-12H,6-7H2,1-3H3/b9-4+,11-5?. The van der Waals surface area contributed by atoms with Gasteiger partial charge in [0.1, 0.15) is 12.7 Å². The second kappa shape index (κ2) is 5.14. The van der Waals surface area contributed by atoms with Gasteiger partial charge in [-0.1, -0.05) is 0 Å². The van der Waals surface area contributed by atoms with Crippen LogP contribution in [0.15, 0.2) is 12.0 Å². The molecule has 0 aliphatic carbocycles. The first-order valence-corrected chi connectivity index (χ1v) is 4.90. The average molecular weight is 214 g/mol. The molecule has 0 saturated carbocycles. The predicted molar refractivity (Wildman–Crippen MR) is 56.8 cm³/mol. The molecular weight excluding hydrogens is 196 g/mol.